The maximum absolute atomic E-state index is 9.43. The second kappa shape index (κ2) is 5.47. The minimum atomic E-state index is -1.37. The molecule has 5 heteroatoms. The zero-order valence-corrected chi connectivity index (χ0v) is 9.28. The van der Waals surface area contributed by atoms with E-state index in [0.29, 0.717) is 0 Å². The number of rotatable bonds is 2. The fourth-order valence-corrected chi connectivity index (χ4v) is 0.157. The van der Waals surface area contributed by atoms with Gasteiger partial charge in [0.1, 0.15) is 0 Å². The number of hydrogen-bond donors (Lipinski definition) is 0. The molecule has 0 aliphatic carbocycles. The Morgan fingerprint density at radius 3 is 2.00 bits per heavy atom. The summed E-state index contributed by atoms with van der Waals surface area (Å²) in [5.74, 6) is 0. The smallest absolute Gasteiger partial charge is 0.295 e. The summed E-state index contributed by atoms with van der Waals surface area (Å²) in [6.07, 6.45) is 0. The Morgan fingerprint density at radius 2 is 2.00 bits per heavy atom. The van der Waals surface area contributed by atoms with Gasteiger partial charge in [-0.1, -0.05) is 23.2 Å². The van der Waals surface area contributed by atoms with Crippen molar-refractivity contribution in [3.63, 3.8) is 0 Å². The first-order chi connectivity index (χ1) is 3.06. The molecule has 0 aromatic carbocycles. The minimum absolute atomic E-state index is 0. The quantitative estimate of drug-likeness (QED) is 0.360. The predicted molar refractivity (Wildman–Crippen MR) is 33.0 cm³/mol. The third kappa shape index (κ3) is 10.6. The van der Waals surface area contributed by atoms with E-state index in [1.165, 1.54) is 6.92 Å². The monoisotopic (exact) mass is 181 g/mol. The van der Waals surface area contributed by atoms with Gasteiger partial charge in [-0.05, 0) is 0 Å². The second-order valence-electron chi connectivity index (χ2n) is 1.02. The van der Waals surface area contributed by atoms with Crippen LogP contribution in [0.2, 0.25) is 0 Å². The number of halogens is 2. The van der Waals surface area contributed by atoms with Crippen LogP contribution in [-0.4, -0.2) is 62.4 Å². The predicted octanol–water partition coefficient (Wildman–Crippen LogP) is 0.930. The zero-order chi connectivity index (χ0) is 5.91. The van der Waals surface area contributed by atoms with Gasteiger partial charge in [0.2, 0.25) is 0 Å². The van der Waals surface area contributed by atoms with Crippen molar-refractivity contribution in [2.75, 3.05) is 0 Å². The first-order valence-corrected chi connectivity index (χ1v) is 2.31. The molecule has 0 saturated heterocycles. The van der Waals surface area contributed by atoms with E-state index in [1.54, 1.807) is 0 Å². The number of carbonyl (C=O) groups is 1. The van der Waals surface area contributed by atoms with Crippen LogP contribution < -0.4 is 0 Å². The Morgan fingerprint density at radius 1 is 1.62 bits per heavy atom. The van der Waals surface area contributed by atoms with Crippen LogP contribution in [0.15, 0.2) is 0 Å². The summed E-state index contributed by atoms with van der Waals surface area (Å²) in [6, 6.07) is 0. The van der Waals surface area contributed by atoms with Gasteiger partial charge in [-0.3, -0.25) is 4.79 Å². The van der Waals surface area contributed by atoms with Gasteiger partial charge < -0.3 is 4.74 Å². The molecule has 0 spiro atoms. The Bertz CT molecular complexity index is 70.2. The van der Waals surface area contributed by atoms with E-state index in [9.17, 15) is 4.79 Å². The molecular formula is C3H4Cl2KO2. The van der Waals surface area contributed by atoms with E-state index in [-0.39, 0.29) is 57.9 Å². The van der Waals surface area contributed by atoms with Crippen LogP contribution >= 0.6 is 23.2 Å². The zero-order valence-electron chi connectivity index (χ0n) is 4.65. The van der Waals surface area contributed by atoms with Crippen LogP contribution in [-0.2, 0) is 9.53 Å². The van der Waals surface area contributed by atoms with E-state index >= 15 is 0 Å². The number of ether oxygens (including phenoxy) is 1. The topological polar surface area (TPSA) is 26.3 Å². The Balaban J connectivity index is 0. The van der Waals surface area contributed by atoms with Crippen molar-refractivity contribution in [3.05, 3.63) is 0 Å². The SMILES string of the molecule is CC(Cl)(Cl)OC=O.[K]. The minimum Gasteiger partial charge on any atom is -0.431 e. The standard InChI is InChI=1S/C3H4Cl2O2.K/c1-3(4,5)7-2-6;/h2H,1H3;. The van der Waals surface area contributed by atoms with Crippen LogP contribution in [0.25, 0.3) is 0 Å². The summed E-state index contributed by atoms with van der Waals surface area (Å²) < 4.78 is 2.71. The Labute approximate surface area is 100 Å². The fraction of sp³-hybridized carbons (Fsp3) is 0.667. The summed E-state index contributed by atoms with van der Waals surface area (Å²) in [5.41, 5.74) is 0. The molecule has 0 aliphatic rings. The number of carbonyl (C=O) groups excluding carboxylic acids is 1. The first kappa shape index (κ1) is 12.4. The largest absolute Gasteiger partial charge is 0.431 e. The van der Waals surface area contributed by atoms with E-state index in [4.69, 9.17) is 23.2 Å². The van der Waals surface area contributed by atoms with Crippen LogP contribution in [0, 0.1) is 0 Å². The molecule has 0 heterocycles. The normalized spacial score (nSPS) is 9.38. The summed E-state index contributed by atoms with van der Waals surface area (Å²) in [6.45, 7) is 1.55. The average Bonchev–Trinajstić information content (AvgIpc) is 1.30. The third-order valence-electron chi connectivity index (χ3n) is 0.255. The number of hydrogen-bond acceptors (Lipinski definition) is 2. The van der Waals surface area contributed by atoms with Crippen molar-refractivity contribution in [1.82, 2.24) is 0 Å². The summed E-state index contributed by atoms with van der Waals surface area (Å²) in [7, 11) is 0. The van der Waals surface area contributed by atoms with Crippen LogP contribution in [0.5, 0.6) is 0 Å². The average molecular weight is 182 g/mol. The molecule has 0 aliphatic heterocycles. The van der Waals surface area contributed by atoms with E-state index in [1.807, 2.05) is 0 Å². The van der Waals surface area contributed by atoms with E-state index < -0.39 is 4.52 Å². The van der Waals surface area contributed by atoms with E-state index in [0.717, 1.165) is 0 Å². The second-order valence-corrected chi connectivity index (χ2v) is 2.66. The summed E-state index contributed by atoms with van der Waals surface area (Å²) in [4.78, 5) is 9.43. The van der Waals surface area contributed by atoms with Crippen molar-refractivity contribution >= 4 is 81.1 Å². The van der Waals surface area contributed by atoms with Crippen molar-refractivity contribution < 1.29 is 9.53 Å². The van der Waals surface area contributed by atoms with Gasteiger partial charge in [0, 0.05) is 58.3 Å². The Hall–Kier alpha value is 1.69. The molecule has 0 saturated carbocycles. The van der Waals surface area contributed by atoms with E-state index in [2.05, 4.69) is 4.74 Å². The molecule has 0 amide bonds. The van der Waals surface area contributed by atoms with Gasteiger partial charge in [0.15, 0.2) is 0 Å². The third-order valence-corrected chi connectivity index (χ3v) is 0.433. The van der Waals surface area contributed by atoms with Crippen molar-refractivity contribution in [2.24, 2.45) is 0 Å². The molecule has 0 unspecified atom stereocenters. The van der Waals surface area contributed by atoms with Gasteiger partial charge >= 0.3 is 0 Å². The van der Waals surface area contributed by atoms with Gasteiger partial charge in [0.05, 0.1) is 0 Å². The molecule has 0 bridgehead atoms. The van der Waals surface area contributed by atoms with Crippen LogP contribution in [0.3, 0.4) is 0 Å². The molecule has 0 N–H and O–H groups in total. The molecule has 1 radical (unpaired) electrons. The molecule has 2 nitrogen and oxygen atoms in total. The van der Waals surface area contributed by atoms with Crippen LogP contribution in [0.4, 0.5) is 0 Å². The van der Waals surface area contributed by atoms with Gasteiger partial charge in [0.25, 0.3) is 11.0 Å². The fourth-order valence-electron chi connectivity index (χ4n) is 0.0845. The van der Waals surface area contributed by atoms with Gasteiger partial charge in [-0.2, -0.15) is 0 Å². The van der Waals surface area contributed by atoms with Crippen molar-refractivity contribution in [3.8, 4) is 0 Å². The maximum Gasteiger partial charge on any atom is 0.295 e. The molecule has 43 valence electrons. The summed E-state index contributed by atoms with van der Waals surface area (Å²) >= 11 is 10.3. The molecule has 0 rings (SSSR count). The molecule has 8 heavy (non-hydrogen) atoms. The van der Waals surface area contributed by atoms with Gasteiger partial charge in [-0.25, -0.2) is 0 Å². The number of alkyl halides is 2. The molecular weight excluding hydrogens is 178 g/mol. The summed E-state index contributed by atoms with van der Waals surface area (Å²) in [5, 5.41) is 0. The molecule has 0 atom stereocenters. The molecule has 0 aromatic rings. The van der Waals surface area contributed by atoms with Crippen LogP contribution in [0.1, 0.15) is 6.92 Å². The van der Waals surface area contributed by atoms with Crippen molar-refractivity contribution in [2.45, 2.75) is 11.4 Å². The molecule has 0 fully saturated rings. The molecule has 0 aromatic heterocycles. The first-order valence-electron chi connectivity index (χ1n) is 1.55. The Kier molecular flexibility index (Phi) is 8.46. The van der Waals surface area contributed by atoms with Gasteiger partial charge in [-0.15, -0.1) is 0 Å². The maximum atomic E-state index is 9.43. The van der Waals surface area contributed by atoms with Crippen molar-refractivity contribution in [1.29, 1.82) is 0 Å².